The normalized spacial score (nSPS) is 7.00. The van der Waals surface area contributed by atoms with E-state index in [2.05, 4.69) is 0 Å². The van der Waals surface area contributed by atoms with E-state index in [4.69, 9.17) is 10.5 Å². The first-order valence-corrected chi connectivity index (χ1v) is 1.71. The Balaban J connectivity index is 4.37. The van der Waals surface area contributed by atoms with E-state index in [0.29, 0.717) is 6.21 Å². The van der Waals surface area contributed by atoms with Crippen LogP contribution in [0.4, 0.5) is 0 Å². The fraction of sp³-hybridized carbons (Fsp3) is 0. The lowest BCUT2D eigenvalue weighted by Crippen LogP contribution is -2.00. The average Bonchev–Trinajstić information content (AvgIpc) is 1.69. The van der Waals surface area contributed by atoms with E-state index in [0.717, 1.165) is 5.94 Å². The van der Waals surface area contributed by atoms with Gasteiger partial charge >= 0.3 is 5.97 Å². The molecule has 0 fully saturated rings. The summed E-state index contributed by atoms with van der Waals surface area (Å²) in [7, 11) is 0. The smallest absolute Gasteiger partial charge is 0.348 e. The van der Waals surface area contributed by atoms with Gasteiger partial charge in [0.05, 0.1) is 0 Å². The number of hydrogen-bond donors (Lipinski definition) is 2. The summed E-state index contributed by atoms with van der Waals surface area (Å²) in [5.41, 5.74) is -0.662. The van der Waals surface area contributed by atoms with E-state index >= 15 is 0 Å². The van der Waals surface area contributed by atoms with Crippen molar-refractivity contribution >= 4 is 18.1 Å². The van der Waals surface area contributed by atoms with Crippen molar-refractivity contribution in [3.63, 3.8) is 0 Å². The monoisotopic (exact) mass is 113 g/mol. The van der Waals surface area contributed by atoms with Crippen LogP contribution in [0.2, 0.25) is 0 Å². The van der Waals surface area contributed by atoms with Crippen LogP contribution >= 0.6 is 0 Å². The van der Waals surface area contributed by atoms with Crippen molar-refractivity contribution < 1.29 is 14.7 Å². The van der Waals surface area contributed by atoms with Gasteiger partial charge in [-0.25, -0.2) is 9.59 Å². The van der Waals surface area contributed by atoms with Crippen LogP contribution in [-0.2, 0) is 9.59 Å². The highest BCUT2D eigenvalue weighted by atomic mass is 16.4. The van der Waals surface area contributed by atoms with Crippen LogP contribution in [-0.4, -0.2) is 23.2 Å². The molecule has 0 radical (unpaired) electrons. The first kappa shape index (κ1) is 6.59. The van der Waals surface area contributed by atoms with Gasteiger partial charge < -0.3 is 10.5 Å². The third-order valence-corrected chi connectivity index (χ3v) is 0.485. The Labute approximate surface area is 44.9 Å². The van der Waals surface area contributed by atoms with E-state index in [1.54, 1.807) is 0 Å². The van der Waals surface area contributed by atoms with Crippen molar-refractivity contribution in [1.82, 2.24) is 0 Å². The quantitative estimate of drug-likeness (QED) is 0.287. The molecule has 0 spiro atoms. The molecule has 2 N–H and O–H groups in total. The summed E-state index contributed by atoms with van der Waals surface area (Å²) in [6.45, 7) is 0. The number of aliphatic carboxylic acids is 1. The summed E-state index contributed by atoms with van der Waals surface area (Å²) >= 11 is 0. The molecule has 0 aliphatic heterocycles. The molecule has 42 valence electrons. The first-order chi connectivity index (χ1) is 3.72. The maximum Gasteiger partial charge on any atom is 0.348 e. The second-order valence-electron chi connectivity index (χ2n) is 0.965. The summed E-state index contributed by atoms with van der Waals surface area (Å²) < 4.78 is 0. The molecule has 0 amide bonds. The summed E-state index contributed by atoms with van der Waals surface area (Å²) in [6, 6.07) is 0. The number of carbonyl (C=O) groups is 1. The van der Waals surface area contributed by atoms with Crippen molar-refractivity contribution in [1.29, 1.82) is 5.41 Å². The average molecular weight is 113 g/mol. The minimum Gasteiger partial charge on any atom is -0.477 e. The van der Waals surface area contributed by atoms with Crippen LogP contribution in [0.1, 0.15) is 0 Å². The lowest BCUT2D eigenvalue weighted by Gasteiger charge is -1.78. The minimum atomic E-state index is -1.42. The molecule has 0 aliphatic carbocycles. The second-order valence-corrected chi connectivity index (χ2v) is 0.965. The Morgan fingerprint density at radius 3 is 2.25 bits per heavy atom. The maximum absolute atomic E-state index is 9.71. The van der Waals surface area contributed by atoms with Gasteiger partial charge in [-0.2, -0.15) is 0 Å². The molecule has 8 heavy (non-hydrogen) atoms. The van der Waals surface area contributed by atoms with Crippen molar-refractivity contribution in [3.05, 3.63) is 5.57 Å². The van der Waals surface area contributed by atoms with E-state index < -0.39 is 11.5 Å². The third kappa shape index (κ3) is 1.36. The largest absolute Gasteiger partial charge is 0.477 e. The van der Waals surface area contributed by atoms with Gasteiger partial charge in [0.1, 0.15) is 5.94 Å². The number of nitrogens with one attached hydrogen (secondary N) is 1. The zero-order valence-electron chi connectivity index (χ0n) is 3.84. The number of rotatable bonds is 2. The standard InChI is InChI=1S/C4H3NO3/c5-1-3(2-6)4(7)8/h1,5H,(H,7,8). The third-order valence-electron chi connectivity index (χ3n) is 0.485. The molecule has 0 saturated carbocycles. The molecule has 0 aromatic carbocycles. The number of carboxylic acids is 1. The number of hydrogen-bond acceptors (Lipinski definition) is 3. The number of carbonyl (C=O) groups excluding carboxylic acids is 1. The van der Waals surface area contributed by atoms with Crippen molar-refractivity contribution in [2.45, 2.75) is 0 Å². The summed E-state index contributed by atoms with van der Waals surface area (Å²) in [5, 5.41) is 14.2. The molecular weight excluding hydrogens is 110 g/mol. The number of carboxylic acid groups (broad SMARTS) is 1. The van der Waals surface area contributed by atoms with Gasteiger partial charge in [0.25, 0.3) is 0 Å². The van der Waals surface area contributed by atoms with Crippen molar-refractivity contribution in [2.24, 2.45) is 0 Å². The van der Waals surface area contributed by atoms with Gasteiger partial charge in [-0.3, -0.25) is 0 Å². The van der Waals surface area contributed by atoms with Gasteiger partial charge in [-0.1, -0.05) is 0 Å². The molecule has 0 bridgehead atoms. The molecule has 0 aromatic heterocycles. The highest BCUT2D eigenvalue weighted by Gasteiger charge is 2.01. The van der Waals surface area contributed by atoms with Crippen LogP contribution in [0.15, 0.2) is 5.57 Å². The van der Waals surface area contributed by atoms with Crippen LogP contribution < -0.4 is 0 Å². The molecule has 0 rings (SSSR count). The Morgan fingerprint density at radius 2 is 2.25 bits per heavy atom. The van der Waals surface area contributed by atoms with Crippen LogP contribution in [0.25, 0.3) is 0 Å². The lowest BCUT2D eigenvalue weighted by molar-refractivity contribution is -0.131. The molecule has 0 aliphatic rings. The maximum atomic E-state index is 9.71. The van der Waals surface area contributed by atoms with E-state index in [1.165, 1.54) is 0 Å². The van der Waals surface area contributed by atoms with E-state index in [9.17, 15) is 9.59 Å². The summed E-state index contributed by atoms with van der Waals surface area (Å²) in [5.74, 6) is -0.346. The van der Waals surface area contributed by atoms with Gasteiger partial charge in [-0.15, -0.1) is 0 Å². The van der Waals surface area contributed by atoms with Crippen LogP contribution in [0, 0.1) is 5.41 Å². The first-order valence-electron chi connectivity index (χ1n) is 1.71. The molecule has 0 unspecified atom stereocenters. The zero-order valence-corrected chi connectivity index (χ0v) is 3.84. The highest BCUT2D eigenvalue weighted by molar-refractivity contribution is 6.14. The summed E-state index contributed by atoms with van der Waals surface area (Å²) in [6.07, 6.45) is 0.440. The predicted molar refractivity (Wildman–Crippen MR) is 25.6 cm³/mol. The Hall–Kier alpha value is -1.41. The second kappa shape index (κ2) is 2.71. The predicted octanol–water partition coefficient (Wildman–Crippen LogP) is -0.521. The Kier molecular flexibility index (Phi) is 2.23. The molecule has 0 heterocycles. The molecular formula is C4H3NO3. The fourth-order valence-electron chi connectivity index (χ4n) is 0.135. The lowest BCUT2D eigenvalue weighted by atomic mass is 10.3. The van der Waals surface area contributed by atoms with E-state index in [-0.39, 0.29) is 0 Å². The SMILES string of the molecule is N=CC(=C=O)C(=O)O. The van der Waals surface area contributed by atoms with Crippen molar-refractivity contribution in [3.8, 4) is 0 Å². The molecule has 0 aromatic rings. The van der Waals surface area contributed by atoms with Gasteiger partial charge in [0.2, 0.25) is 0 Å². The highest BCUT2D eigenvalue weighted by Crippen LogP contribution is 1.77. The molecule has 0 saturated heterocycles. The van der Waals surface area contributed by atoms with Crippen LogP contribution in [0.3, 0.4) is 0 Å². The Morgan fingerprint density at radius 1 is 1.75 bits per heavy atom. The van der Waals surface area contributed by atoms with E-state index in [1.807, 2.05) is 0 Å². The van der Waals surface area contributed by atoms with Gasteiger partial charge in [-0.05, 0) is 0 Å². The summed E-state index contributed by atoms with van der Waals surface area (Å²) in [4.78, 5) is 19.2. The van der Waals surface area contributed by atoms with Crippen molar-refractivity contribution in [2.75, 3.05) is 0 Å². The fourth-order valence-corrected chi connectivity index (χ4v) is 0.135. The van der Waals surface area contributed by atoms with Gasteiger partial charge in [0, 0.05) is 6.21 Å². The minimum absolute atomic E-state index is 0.440. The molecule has 4 heteroatoms. The topological polar surface area (TPSA) is 78.2 Å². The van der Waals surface area contributed by atoms with Crippen LogP contribution in [0.5, 0.6) is 0 Å². The molecule has 4 nitrogen and oxygen atoms in total. The molecule has 0 atom stereocenters. The van der Waals surface area contributed by atoms with Gasteiger partial charge in [0.15, 0.2) is 5.57 Å². The zero-order chi connectivity index (χ0) is 6.57. The Bertz CT molecular complexity index is 166.